The van der Waals surface area contributed by atoms with Crippen LogP contribution in [0.2, 0.25) is 0 Å². The third-order valence-corrected chi connectivity index (χ3v) is 8.84. The lowest BCUT2D eigenvalue weighted by molar-refractivity contribution is 5.48. The summed E-state index contributed by atoms with van der Waals surface area (Å²) in [6, 6.07) is 0. The quantitative estimate of drug-likeness (QED) is 0.475. The Morgan fingerprint density at radius 2 is 2.50 bits per heavy atom. The molecule has 0 bridgehead atoms. The Bertz CT molecular complexity index is 20.9. The van der Waals surface area contributed by atoms with Gasteiger partial charge in [0.15, 0.2) is 0 Å². The molecule has 0 saturated carbocycles. The molecule has 0 rings (SSSR count). The third-order valence-electron chi connectivity index (χ3n) is 0.0488. The van der Waals surface area contributed by atoms with E-state index in [0.29, 0.717) is 0 Å². The van der Waals surface area contributed by atoms with Gasteiger partial charge in [-0.3, -0.25) is 0 Å². The molecular formula is H4IP3. The van der Waals surface area contributed by atoms with E-state index in [2.05, 4.69) is 31.0 Å². The summed E-state index contributed by atoms with van der Waals surface area (Å²) in [6.07, 6.45) is 0. The van der Waals surface area contributed by atoms with Crippen LogP contribution >= 0.6 is 44.8 Å². The molecule has 0 aliphatic carbocycles. The lowest BCUT2D eigenvalue weighted by atomic mass is 29.6. The van der Waals surface area contributed by atoms with Crippen molar-refractivity contribution in [1.82, 2.24) is 0 Å². The van der Waals surface area contributed by atoms with E-state index in [1.54, 1.807) is 0 Å². The molecule has 0 nitrogen and oxygen atoms in total. The van der Waals surface area contributed by atoms with E-state index < -0.39 is 7.90 Å². The highest BCUT2D eigenvalue weighted by atomic mass is 127. The van der Waals surface area contributed by atoms with Crippen molar-refractivity contribution in [2.75, 3.05) is 0 Å². The Balaban J connectivity index is 2.54. The standard InChI is InChI=1S/H4IP3/c1-3-4-2/h3-4H,2H2/i4T. The zero-order valence-corrected chi connectivity index (χ0v) is 7.11. The zero-order chi connectivity index (χ0) is 4.28. The second-order valence-corrected chi connectivity index (χ2v) is 8.59. The first-order valence-corrected chi connectivity index (χ1v) is 8.14. The first-order chi connectivity index (χ1) is 2.27. The van der Waals surface area contributed by atoms with E-state index in [0.717, 1.165) is 5.91 Å². The Morgan fingerprint density at radius 3 is 2.50 bits per heavy atom. The van der Waals surface area contributed by atoms with Gasteiger partial charge < -0.3 is 0 Å². The lowest BCUT2D eigenvalue weighted by Crippen LogP contribution is -0.753. The molecule has 0 fully saturated rings. The summed E-state index contributed by atoms with van der Waals surface area (Å²) >= 11 is 2.23. The molecule has 0 spiro atoms. The van der Waals surface area contributed by atoms with Crippen molar-refractivity contribution >= 4 is 44.8 Å². The van der Waals surface area contributed by atoms with Crippen molar-refractivity contribution in [1.29, 1.82) is 1.28 Å². The molecule has 4 heavy (non-hydrogen) atoms. The summed E-state index contributed by atoms with van der Waals surface area (Å²) in [7, 11) is 2.05. The zero-order valence-electron chi connectivity index (χ0n) is 2.90. The van der Waals surface area contributed by atoms with Crippen molar-refractivity contribution in [3.05, 3.63) is 0 Å². The van der Waals surface area contributed by atoms with Crippen LogP contribution in [0.1, 0.15) is 0 Å². The summed E-state index contributed by atoms with van der Waals surface area (Å²) < 4.78 is 6.86. The number of halogens is 1. The SMILES string of the molecule is [3H]P(P)PI. The Kier molecular flexibility index (Phi) is 5.25. The maximum absolute atomic E-state index is 6.86. The molecule has 3 unspecified atom stereocenters. The van der Waals surface area contributed by atoms with Gasteiger partial charge in [-0.05, 0) is 5.91 Å². The second kappa shape index (κ2) is 5.02. The molecule has 0 N–H and O–H groups in total. The number of hydrogen-bond acceptors (Lipinski definition) is 0. The van der Waals surface area contributed by atoms with Crippen molar-refractivity contribution < 1.29 is 0 Å². The van der Waals surface area contributed by atoms with E-state index >= 15 is 0 Å². The van der Waals surface area contributed by atoms with E-state index in [4.69, 9.17) is 1.28 Å². The van der Waals surface area contributed by atoms with E-state index in [1.807, 2.05) is 0 Å². The first kappa shape index (κ1) is 4.19. The molecule has 0 aromatic rings. The summed E-state index contributed by atoms with van der Waals surface area (Å²) in [5.74, 6) is 0.779. The van der Waals surface area contributed by atoms with Crippen molar-refractivity contribution in [2.24, 2.45) is 0 Å². The predicted molar refractivity (Wildman–Crippen MR) is 40.4 cm³/mol. The van der Waals surface area contributed by atoms with Crippen LogP contribution < -0.4 is 0 Å². The van der Waals surface area contributed by atoms with Gasteiger partial charge in [-0.2, -0.15) is 0 Å². The molecule has 0 amide bonds. The normalized spacial score (nSPS) is 22.0. The van der Waals surface area contributed by atoms with E-state index in [1.165, 1.54) is 0 Å². The van der Waals surface area contributed by atoms with Crippen LogP contribution in [-0.2, 0) is 0 Å². The minimum Gasteiger partial charge on any atom is -0.109 e. The largest absolute Gasteiger partial charge is 0.109 e. The Hall–Kier alpha value is 2.02. The second-order valence-electron chi connectivity index (χ2n) is 0.214. The topological polar surface area (TPSA) is 0 Å². The van der Waals surface area contributed by atoms with Crippen LogP contribution in [0.15, 0.2) is 0 Å². The van der Waals surface area contributed by atoms with E-state index in [9.17, 15) is 0 Å². The molecular weight excluding hydrogens is 220 g/mol. The fraction of sp³-hybridized carbons (Fsp3) is 0. The van der Waals surface area contributed by atoms with Gasteiger partial charge in [0, 0.05) is 0 Å². The summed E-state index contributed by atoms with van der Waals surface area (Å²) in [6.45, 7) is 0. The molecule has 0 aromatic carbocycles. The van der Waals surface area contributed by atoms with Gasteiger partial charge in [-0.25, -0.2) is 0 Å². The van der Waals surface area contributed by atoms with Crippen LogP contribution in [0.4, 0.5) is 0 Å². The van der Waals surface area contributed by atoms with Gasteiger partial charge in [0.05, 0.1) is 1.28 Å². The van der Waals surface area contributed by atoms with Crippen LogP contribution in [0.3, 0.4) is 0 Å². The van der Waals surface area contributed by atoms with Crippen LogP contribution in [0.25, 0.3) is 0 Å². The predicted octanol–water partition coefficient (Wildman–Crippen LogP) is 2.40. The summed E-state index contributed by atoms with van der Waals surface area (Å²) in [5, 5.41) is 0. The van der Waals surface area contributed by atoms with Gasteiger partial charge in [0.2, 0.25) is 0 Å². The molecule has 0 aliphatic heterocycles. The molecule has 0 radical (unpaired) electrons. The first-order valence-electron chi connectivity index (χ1n) is 1.12. The number of rotatable bonds is 1. The smallest absolute Gasteiger partial charge is 0.0675 e. The molecule has 26 valence electrons. The summed E-state index contributed by atoms with van der Waals surface area (Å²) in [5.41, 5.74) is 0. The van der Waals surface area contributed by atoms with Gasteiger partial charge in [0.1, 0.15) is 0 Å². The van der Waals surface area contributed by atoms with E-state index in [-0.39, 0.29) is 0 Å². The molecule has 0 saturated heterocycles. The molecule has 0 heterocycles. The lowest BCUT2D eigenvalue weighted by Gasteiger charge is -1.68. The molecule has 3 atom stereocenters. The monoisotopic (exact) mass is 226 g/mol. The van der Waals surface area contributed by atoms with Crippen molar-refractivity contribution in [2.45, 2.75) is 0 Å². The average molecular weight is 226 g/mol. The molecule has 4 heteroatoms. The fourth-order valence-electron chi connectivity index (χ4n) is 0. The van der Waals surface area contributed by atoms with Crippen LogP contribution in [0.5, 0.6) is 0 Å². The Morgan fingerprint density at radius 1 is 2.25 bits per heavy atom. The number of hydrogen-bond donors (Lipinski definition) is 0. The van der Waals surface area contributed by atoms with Crippen molar-refractivity contribution in [3.8, 4) is 0 Å². The molecule has 0 aliphatic rings. The average Bonchev–Trinajstić information content (AvgIpc) is 1.38. The minimum atomic E-state index is -0.417. The summed E-state index contributed by atoms with van der Waals surface area (Å²) in [4.78, 5) is 0. The van der Waals surface area contributed by atoms with Crippen molar-refractivity contribution in [3.63, 3.8) is 0 Å². The minimum absolute atomic E-state index is 0.417. The Labute approximate surface area is 46.2 Å². The van der Waals surface area contributed by atoms with Gasteiger partial charge in [-0.15, -0.1) is 8.93 Å². The molecule has 0 aromatic heterocycles. The highest BCUT2D eigenvalue weighted by Gasteiger charge is 1.56. The van der Waals surface area contributed by atoms with Gasteiger partial charge >= 0.3 is 0 Å². The van der Waals surface area contributed by atoms with Gasteiger partial charge in [-0.1, -0.05) is 29.9 Å². The highest BCUT2D eigenvalue weighted by Crippen LogP contribution is 2.48. The third kappa shape index (κ3) is 4.02. The van der Waals surface area contributed by atoms with Crippen LogP contribution in [0, 0.1) is 0 Å². The van der Waals surface area contributed by atoms with Crippen LogP contribution in [-0.4, -0.2) is 1.28 Å². The van der Waals surface area contributed by atoms with Gasteiger partial charge in [0.25, 0.3) is 0 Å². The fourth-order valence-corrected chi connectivity index (χ4v) is 0. The maximum Gasteiger partial charge on any atom is 0.0675 e. The highest BCUT2D eigenvalue weighted by molar-refractivity contribution is 14.2. The maximum atomic E-state index is 6.86.